The molecule has 0 spiro atoms. The lowest BCUT2D eigenvalue weighted by atomic mass is 10.2. The fourth-order valence-corrected chi connectivity index (χ4v) is 2.15. The van der Waals surface area contributed by atoms with E-state index in [1.165, 1.54) is 0 Å². The summed E-state index contributed by atoms with van der Waals surface area (Å²) >= 11 is 0. The van der Waals surface area contributed by atoms with Gasteiger partial charge in [-0.1, -0.05) is 6.92 Å². The lowest BCUT2D eigenvalue weighted by Gasteiger charge is -2.30. The molecule has 0 fully saturated rings. The number of halogens is 1. The Labute approximate surface area is 143 Å². The van der Waals surface area contributed by atoms with Gasteiger partial charge >= 0.3 is 0 Å². The van der Waals surface area contributed by atoms with Crippen molar-refractivity contribution >= 4 is 29.9 Å². The summed E-state index contributed by atoms with van der Waals surface area (Å²) in [5, 5.41) is 6.68. The molecule has 0 amide bonds. The van der Waals surface area contributed by atoms with E-state index in [0.29, 0.717) is 12.1 Å². The van der Waals surface area contributed by atoms with Crippen LogP contribution in [0.1, 0.15) is 54.4 Å². The second-order valence-corrected chi connectivity index (χ2v) is 5.47. The van der Waals surface area contributed by atoms with Gasteiger partial charge in [-0.25, -0.2) is 0 Å². The van der Waals surface area contributed by atoms with Gasteiger partial charge in [0.1, 0.15) is 0 Å². The van der Waals surface area contributed by atoms with Crippen molar-refractivity contribution in [3.63, 3.8) is 0 Å². The summed E-state index contributed by atoms with van der Waals surface area (Å²) in [5.74, 6) is 0.949. The molecule has 0 aliphatic carbocycles. The normalized spacial score (nSPS) is 11.9. The largest absolute Gasteiger partial charge is 0.357 e. The Balaban J connectivity index is 0. The molecule has 20 heavy (non-hydrogen) atoms. The van der Waals surface area contributed by atoms with E-state index < -0.39 is 0 Å². The number of rotatable bonds is 9. The first kappa shape index (κ1) is 22.2. The van der Waals surface area contributed by atoms with Crippen molar-refractivity contribution in [2.75, 3.05) is 26.2 Å². The van der Waals surface area contributed by atoms with Gasteiger partial charge in [0.05, 0.1) is 0 Å². The molecule has 0 aromatic heterocycles. The molecular formula is C15H35IN4. The molecule has 0 aromatic rings. The summed E-state index contributed by atoms with van der Waals surface area (Å²) in [6, 6.07) is 1.23. The van der Waals surface area contributed by atoms with E-state index in [1.54, 1.807) is 0 Å². The third-order valence-corrected chi connectivity index (χ3v) is 3.05. The summed E-state index contributed by atoms with van der Waals surface area (Å²) in [7, 11) is 0. The minimum atomic E-state index is 0. The molecule has 0 bridgehead atoms. The molecule has 0 heterocycles. The van der Waals surface area contributed by atoms with Crippen LogP contribution in [0.3, 0.4) is 0 Å². The molecule has 0 saturated heterocycles. The highest BCUT2D eigenvalue weighted by atomic mass is 127. The first-order valence-electron chi connectivity index (χ1n) is 7.80. The average Bonchev–Trinajstić information content (AvgIpc) is 2.34. The van der Waals surface area contributed by atoms with Crippen LogP contribution in [0.15, 0.2) is 4.99 Å². The predicted molar refractivity (Wildman–Crippen MR) is 101 cm³/mol. The Hall–Kier alpha value is -0.0400. The molecule has 0 rings (SSSR count). The van der Waals surface area contributed by atoms with Crippen LogP contribution in [0.4, 0.5) is 0 Å². The van der Waals surface area contributed by atoms with Gasteiger partial charge in [-0.05, 0) is 47.5 Å². The number of hydrogen-bond donors (Lipinski definition) is 2. The van der Waals surface area contributed by atoms with E-state index in [0.717, 1.165) is 45.0 Å². The van der Waals surface area contributed by atoms with E-state index in [1.807, 2.05) is 0 Å². The van der Waals surface area contributed by atoms with Crippen molar-refractivity contribution in [1.29, 1.82) is 0 Å². The van der Waals surface area contributed by atoms with Crippen LogP contribution in [-0.4, -0.2) is 49.1 Å². The summed E-state index contributed by atoms with van der Waals surface area (Å²) < 4.78 is 0. The van der Waals surface area contributed by atoms with Crippen molar-refractivity contribution in [3.8, 4) is 0 Å². The molecule has 122 valence electrons. The number of nitrogens with zero attached hydrogens (tertiary/aromatic N) is 2. The van der Waals surface area contributed by atoms with Crippen LogP contribution < -0.4 is 10.6 Å². The number of guanidine groups is 1. The van der Waals surface area contributed by atoms with Crippen molar-refractivity contribution in [1.82, 2.24) is 15.5 Å². The predicted octanol–water partition coefficient (Wildman–Crippen LogP) is 3.08. The maximum atomic E-state index is 4.50. The lowest BCUT2D eigenvalue weighted by Crippen LogP contribution is -2.41. The van der Waals surface area contributed by atoms with E-state index in [9.17, 15) is 0 Å². The van der Waals surface area contributed by atoms with Crippen LogP contribution in [-0.2, 0) is 0 Å². The topological polar surface area (TPSA) is 39.7 Å². The molecule has 0 aliphatic heterocycles. The summed E-state index contributed by atoms with van der Waals surface area (Å²) in [6.45, 7) is 17.2. The highest BCUT2D eigenvalue weighted by molar-refractivity contribution is 14.0. The maximum absolute atomic E-state index is 4.50. The standard InChI is InChI=1S/C15H34N4.HI/c1-7-10-17-15(16-8-2)18-11-9-12-19(13(3)4)14(5)6;/h13-14H,7-12H2,1-6H3,(H2,16,17,18);1H. The van der Waals surface area contributed by atoms with E-state index in [-0.39, 0.29) is 24.0 Å². The van der Waals surface area contributed by atoms with Gasteiger partial charge in [0, 0.05) is 38.3 Å². The highest BCUT2D eigenvalue weighted by Gasteiger charge is 2.12. The number of nitrogens with one attached hydrogen (secondary N) is 2. The first-order valence-corrected chi connectivity index (χ1v) is 7.80. The minimum Gasteiger partial charge on any atom is -0.357 e. The monoisotopic (exact) mass is 398 g/mol. The van der Waals surface area contributed by atoms with Crippen molar-refractivity contribution in [3.05, 3.63) is 0 Å². The molecule has 0 aromatic carbocycles. The quantitative estimate of drug-likeness (QED) is 0.271. The molecule has 0 saturated carbocycles. The van der Waals surface area contributed by atoms with Crippen LogP contribution in [0.25, 0.3) is 0 Å². The van der Waals surface area contributed by atoms with Crippen LogP contribution >= 0.6 is 24.0 Å². The van der Waals surface area contributed by atoms with E-state index in [4.69, 9.17) is 0 Å². The zero-order valence-electron chi connectivity index (χ0n) is 14.2. The second kappa shape index (κ2) is 13.9. The molecule has 0 unspecified atom stereocenters. The zero-order chi connectivity index (χ0) is 14.7. The van der Waals surface area contributed by atoms with Crippen molar-refractivity contribution in [2.45, 2.75) is 66.5 Å². The van der Waals surface area contributed by atoms with Gasteiger partial charge in [0.2, 0.25) is 0 Å². The second-order valence-electron chi connectivity index (χ2n) is 5.47. The zero-order valence-corrected chi connectivity index (χ0v) is 16.5. The van der Waals surface area contributed by atoms with Crippen molar-refractivity contribution < 1.29 is 0 Å². The van der Waals surface area contributed by atoms with Crippen LogP contribution in [0.5, 0.6) is 0 Å². The molecule has 4 nitrogen and oxygen atoms in total. The molecule has 5 heteroatoms. The summed E-state index contributed by atoms with van der Waals surface area (Å²) in [6.07, 6.45) is 2.23. The number of hydrogen-bond acceptors (Lipinski definition) is 2. The minimum absolute atomic E-state index is 0. The molecule has 2 N–H and O–H groups in total. The van der Waals surface area contributed by atoms with Gasteiger partial charge in [-0.3, -0.25) is 9.89 Å². The van der Waals surface area contributed by atoms with E-state index >= 15 is 0 Å². The molecule has 0 radical (unpaired) electrons. The molecule has 0 atom stereocenters. The third-order valence-electron chi connectivity index (χ3n) is 3.05. The SMILES string of the molecule is CCCN=C(NCC)NCCCN(C(C)C)C(C)C.I. The van der Waals surface area contributed by atoms with Crippen molar-refractivity contribution in [2.24, 2.45) is 4.99 Å². The lowest BCUT2D eigenvalue weighted by molar-refractivity contribution is 0.173. The molecular weight excluding hydrogens is 363 g/mol. The van der Waals surface area contributed by atoms with Gasteiger partial charge in [0.15, 0.2) is 5.96 Å². The number of aliphatic imine (C=N–C) groups is 1. The Bertz CT molecular complexity index is 234. The average molecular weight is 398 g/mol. The fraction of sp³-hybridized carbons (Fsp3) is 0.933. The summed E-state index contributed by atoms with van der Waals surface area (Å²) in [4.78, 5) is 7.03. The smallest absolute Gasteiger partial charge is 0.191 e. The Morgan fingerprint density at radius 1 is 1.05 bits per heavy atom. The Kier molecular flexibility index (Phi) is 15.5. The third kappa shape index (κ3) is 10.7. The van der Waals surface area contributed by atoms with Crippen LogP contribution in [0, 0.1) is 0 Å². The van der Waals surface area contributed by atoms with Gasteiger partial charge in [-0.2, -0.15) is 0 Å². The molecule has 0 aliphatic rings. The Morgan fingerprint density at radius 3 is 2.10 bits per heavy atom. The van der Waals surface area contributed by atoms with E-state index in [2.05, 4.69) is 62.1 Å². The Morgan fingerprint density at radius 2 is 1.65 bits per heavy atom. The van der Waals surface area contributed by atoms with Crippen LogP contribution in [0.2, 0.25) is 0 Å². The maximum Gasteiger partial charge on any atom is 0.191 e. The van der Waals surface area contributed by atoms with Gasteiger partial charge < -0.3 is 10.6 Å². The highest BCUT2D eigenvalue weighted by Crippen LogP contribution is 2.05. The fourth-order valence-electron chi connectivity index (χ4n) is 2.15. The first-order chi connectivity index (χ1) is 9.02. The van der Waals surface area contributed by atoms with Gasteiger partial charge in [-0.15, -0.1) is 24.0 Å². The summed E-state index contributed by atoms with van der Waals surface area (Å²) in [5.41, 5.74) is 0. The van der Waals surface area contributed by atoms with Gasteiger partial charge in [0.25, 0.3) is 0 Å².